The fourth-order valence-corrected chi connectivity index (χ4v) is 2.28. The molecule has 0 aliphatic rings. The van der Waals surface area contributed by atoms with Gasteiger partial charge in [-0.1, -0.05) is 25.1 Å². The van der Waals surface area contributed by atoms with Gasteiger partial charge in [-0.05, 0) is 41.6 Å². The maximum atomic E-state index is 5.53. The zero-order chi connectivity index (χ0) is 12.3. The van der Waals surface area contributed by atoms with Gasteiger partial charge >= 0.3 is 0 Å². The molecule has 0 saturated carbocycles. The van der Waals surface area contributed by atoms with Crippen LogP contribution < -0.4 is 5.32 Å². The minimum absolute atomic E-state index is 0.742. The molecule has 0 radical (unpaired) electrons. The van der Waals surface area contributed by atoms with Gasteiger partial charge in [0.2, 0.25) is 0 Å². The van der Waals surface area contributed by atoms with Gasteiger partial charge in [-0.25, -0.2) is 4.98 Å². The summed E-state index contributed by atoms with van der Waals surface area (Å²) in [6, 6.07) is 6.22. The van der Waals surface area contributed by atoms with E-state index in [1.54, 1.807) is 0 Å². The molecule has 0 bridgehead atoms. The Hall–Kier alpha value is -0.880. The van der Waals surface area contributed by atoms with E-state index in [-0.39, 0.29) is 0 Å². The van der Waals surface area contributed by atoms with E-state index in [1.165, 1.54) is 15.5 Å². The Balaban J connectivity index is 2.39. The second kappa shape index (κ2) is 5.64. The number of hydrogen-bond donors (Lipinski definition) is 1. The van der Waals surface area contributed by atoms with Crippen molar-refractivity contribution in [2.45, 2.75) is 20.4 Å². The Morgan fingerprint density at radius 2 is 2.24 bits per heavy atom. The third-order valence-electron chi connectivity index (χ3n) is 2.62. The highest BCUT2D eigenvalue weighted by Gasteiger charge is 2.13. The topological polar surface area (TPSA) is 38.1 Å². The smallest absolute Gasteiger partial charge is 0.181 e. The van der Waals surface area contributed by atoms with E-state index in [0.717, 1.165) is 30.1 Å². The third kappa shape index (κ3) is 2.69. The van der Waals surface area contributed by atoms with Crippen molar-refractivity contribution in [3.8, 4) is 11.3 Å². The van der Waals surface area contributed by atoms with E-state index in [2.05, 4.69) is 58.9 Å². The first kappa shape index (κ1) is 12.6. The second-order valence-electron chi connectivity index (χ2n) is 3.84. The van der Waals surface area contributed by atoms with Gasteiger partial charge in [0.15, 0.2) is 12.2 Å². The highest BCUT2D eigenvalue weighted by atomic mass is 127. The van der Waals surface area contributed by atoms with Gasteiger partial charge < -0.3 is 9.73 Å². The highest BCUT2D eigenvalue weighted by Crippen LogP contribution is 2.29. The van der Waals surface area contributed by atoms with E-state index in [0.29, 0.717) is 0 Å². The van der Waals surface area contributed by atoms with Crippen LogP contribution in [0.15, 0.2) is 29.0 Å². The van der Waals surface area contributed by atoms with Crippen LogP contribution >= 0.6 is 22.6 Å². The molecule has 0 fully saturated rings. The van der Waals surface area contributed by atoms with Gasteiger partial charge in [-0.3, -0.25) is 0 Å². The Labute approximate surface area is 115 Å². The summed E-state index contributed by atoms with van der Waals surface area (Å²) in [7, 11) is 0. The normalized spacial score (nSPS) is 10.8. The van der Waals surface area contributed by atoms with Crippen LogP contribution in [0.4, 0.5) is 0 Å². The van der Waals surface area contributed by atoms with Crippen LogP contribution in [-0.2, 0) is 6.54 Å². The number of halogens is 1. The molecule has 2 aromatic rings. The zero-order valence-corrected chi connectivity index (χ0v) is 12.1. The Bertz CT molecular complexity index is 508. The minimum Gasteiger partial charge on any atom is -0.443 e. The predicted molar refractivity (Wildman–Crippen MR) is 76.8 cm³/mol. The number of nitrogens with zero attached hydrogens (tertiary/aromatic N) is 1. The number of aromatic nitrogens is 1. The summed E-state index contributed by atoms with van der Waals surface area (Å²) in [5.74, 6) is 0.874. The molecule has 17 heavy (non-hydrogen) atoms. The lowest BCUT2D eigenvalue weighted by Crippen LogP contribution is -2.12. The fraction of sp³-hybridized carbons (Fsp3) is 0.308. The number of hydrogen-bond acceptors (Lipinski definition) is 3. The molecule has 0 unspecified atom stereocenters. The summed E-state index contributed by atoms with van der Waals surface area (Å²) < 4.78 is 6.75. The molecule has 0 atom stereocenters. The molecular weight excluding hydrogens is 327 g/mol. The van der Waals surface area contributed by atoms with Crippen molar-refractivity contribution in [1.29, 1.82) is 0 Å². The first-order chi connectivity index (χ1) is 8.24. The lowest BCUT2D eigenvalue weighted by molar-refractivity contribution is 0.569. The van der Waals surface area contributed by atoms with Gasteiger partial charge in [0.25, 0.3) is 0 Å². The van der Waals surface area contributed by atoms with E-state index in [9.17, 15) is 0 Å². The molecule has 1 aromatic carbocycles. The molecular formula is C13H15IN2O. The summed E-state index contributed by atoms with van der Waals surface area (Å²) in [5, 5.41) is 3.27. The molecule has 90 valence electrons. The average molecular weight is 342 g/mol. The first-order valence-electron chi connectivity index (χ1n) is 5.62. The Morgan fingerprint density at radius 1 is 1.41 bits per heavy atom. The van der Waals surface area contributed by atoms with Crippen molar-refractivity contribution in [2.75, 3.05) is 6.54 Å². The number of benzene rings is 1. The van der Waals surface area contributed by atoms with Crippen LogP contribution in [0.5, 0.6) is 0 Å². The Kier molecular flexibility index (Phi) is 4.17. The third-order valence-corrected chi connectivity index (χ3v) is 4.05. The standard InChI is InChI=1S/C13H15IN2O/c1-3-15-7-11-13(17-8-16-11)10-6-4-5-9(2)12(10)14/h4-6,8,15H,3,7H2,1-2H3. The van der Waals surface area contributed by atoms with Gasteiger partial charge in [0.1, 0.15) is 5.69 Å². The van der Waals surface area contributed by atoms with Crippen molar-refractivity contribution in [2.24, 2.45) is 0 Å². The minimum atomic E-state index is 0.742. The van der Waals surface area contributed by atoms with E-state index in [1.807, 2.05) is 6.07 Å². The summed E-state index contributed by atoms with van der Waals surface area (Å²) in [5.41, 5.74) is 3.35. The quantitative estimate of drug-likeness (QED) is 0.866. The van der Waals surface area contributed by atoms with E-state index < -0.39 is 0 Å². The van der Waals surface area contributed by atoms with Crippen molar-refractivity contribution in [3.63, 3.8) is 0 Å². The van der Waals surface area contributed by atoms with Crippen LogP contribution in [0.2, 0.25) is 0 Å². The molecule has 0 amide bonds. The molecule has 1 heterocycles. The van der Waals surface area contributed by atoms with Crippen molar-refractivity contribution in [3.05, 3.63) is 39.4 Å². The summed E-state index contributed by atoms with van der Waals surface area (Å²) in [6.07, 6.45) is 1.51. The SMILES string of the molecule is CCNCc1ncoc1-c1cccc(C)c1I. The number of rotatable bonds is 4. The molecule has 0 aliphatic heterocycles. The fourth-order valence-electron chi connectivity index (χ4n) is 1.68. The van der Waals surface area contributed by atoms with Crippen LogP contribution in [-0.4, -0.2) is 11.5 Å². The largest absolute Gasteiger partial charge is 0.443 e. The number of oxazole rings is 1. The van der Waals surface area contributed by atoms with Gasteiger partial charge in [-0.15, -0.1) is 0 Å². The maximum Gasteiger partial charge on any atom is 0.181 e. The molecule has 0 aliphatic carbocycles. The molecule has 4 heteroatoms. The van der Waals surface area contributed by atoms with Gasteiger partial charge in [0.05, 0.1) is 0 Å². The number of aryl methyl sites for hydroxylation is 1. The summed E-state index contributed by atoms with van der Waals surface area (Å²) in [6.45, 7) is 5.85. The van der Waals surface area contributed by atoms with Crippen molar-refractivity contribution < 1.29 is 4.42 Å². The lowest BCUT2D eigenvalue weighted by Gasteiger charge is -2.06. The molecule has 1 N–H and O–H groups in total. The predicted octanol–water partition coefficient (Wildman–Crippen LogP) is 3.36. The van der Waals surface area contributed by atoms with Gasteiger partial charge in [0, 0.05) is 15.7 Å². The summed E-state index contributed by atoms with van der Waals surface area (Å²) >= 11 is 2.35. The van der Waals surface area contributed by atoms with E-state index >= 15 is 0 Å². The Morgan fingerprint density at radius 3 is 3.00 bits per heavy atom. The van der Waals surface area contributed by atoms with Crippen molar-refractivity contribution in [1.82, 2.24) is 10.3 Å². The first-order valence-corrected chi connectivity index (χ1v) is 6.70. The van der Waals surface area contributed by atoms with Crippen LogP contribution in [0.1, 0.15) is 18.2 Å². The highest BCUT2D eigenvalue weighted by molar-refractivity contribution is 14.1. The van der Waals surface area contributed by atoms with Crippen LogP contribution in [0, 0.1) is 10.5 Å². The second-order valence-corrected chi connectivity index (χ2v) is 4.92. The molecule has 3 nitrogen and oxygen atoms in total. The molecule has 1 aromatic heterocycles. The average Bonchev–Trinajstić information content (AvgIpc) is 2.78. The van der Waals surface area contributed by atoms with Crippen LogP contribution in [0.3, 0.4) is 0 Å². The summed E-state index contributed by atoms with van der Waals surface area (Å²) in [4.78, 5) is 4.27. The molecule has 2 rings (SSSR count). The zero-order valence-electron chi connectivity index (χ0n) is 9.96. The van der Waals surface area contributed by atoms with Gasteiger partial charge in [-0.2, -0.15) is 0 Å². The monoisotopic (exact) mass is 342 g/mol. The maximum absolute atomic E-state index is 5.53. The van der Waals surface area contributed by atoms with Crippen molar-refractivity contribution >= 4 is 22.6 Å². The van der Waals surface area contributed by atoms with Crippen LogP contribution in [0.25, 0.3) is 11.3 Å². The lowest BCUT2D eigenvalue weighted by atomic mass is 10.1. The molecule has 0 spiro atoms. The number of nitrogens with one attached hydrogen (secondary N) is 1. The van der Waals surface area contributed by atoms with E-state index in [4.69, 9.17) is 4.42 Å². The molecule has 0 saturated heterocycles.